The molecule has 1 atom stereocenters. The van der Waals surface area contributed by atoms with E-state index in [1.165, 1.54) is 37.0 Å². The van der Waals surface area contributed by atoms with Gasteiger partial charge < -0.3 is 5.32 Å². The van der Waals surface area contributed by atoms with E-state index in [9.17, 15) is 0 Å². The molecule has 2 rings (SSSR count). The van der Waals surface area contributed by atoms with Gasteiger partial charge in [0.05, 0.1) is 0 Å². The Hall–Kier alpha value is -0.850. The zero-order valence-corrected chi connectivity index (χ0v) is 11.2. The van der Waals surface area contributed by atoms with Crippen LogP contribution in [0, 0.1) is 17.2 Å². The van der Waals surface area contributed by atoms with Crippen molar-refractivity contribution < 1.29 is 0 Å². The predicted molar refractivity (Wildman–Crippen MR) is 71.9 cm³/mol. The summed E-state index contributed by atoms with van der Waals surface area (Å²) in [5, 5.41) is 12.4. The molecule has 2 nitrogen and oxygen atoms in total. The Kier molecular flexibility index (Phi) is 4.58. The van der Waals surface area contributed by atoms with Gasteiger partial charge in [0, 0.05) is 17.5 Å². The highest BCUT2D eigenvalue weighted by molar-refractivity contribution is 7.12. The quantitative estimate of drug-likeness (QED) is 0.882. The Morgan fingerprint density at radius 2 is 2.18 bits per heavy atom. The van der Waals surface area contributed by atoms with Crippen LogP contribution in [0.1, 0.15) is 48.8 Å². The van der Waals surface area contributed by atoms with E-state index in [1.54, 1.807) is 11.3 Å². The Morgan fingerprint density at radius 3 is 2.82 bits per heavy atom. The lowest BCUT2D eigenvalue weighted by molar-refractivity contribution is 0.281. The molecule has 0 spiro atoms. The Balaban J connectivity index is 1.79. The van der Waals surface area contributed by atoms with E-state index >= 15 is 0 Å². The third kappa shape index (κ3) is 3.55. The van der Waals surface area contributed by atoms with Crippen LogP contribution in [0.4, 0.5) is 0 Å². The molecule has 17 heavy (non-hydrogen) atoms. The van der Waals surface area contributed by atoms with Crippen molar-refractivity contribution in [3.63, 3.8) is 0 Å². The zero-order chi connectivity index (χ0) is 12.1. The molecule has 0 radical (unpaired) electrons. The summed E-state index contributed by atoms with van der Waals surface area (Å²) in [6.45, 7) is 3.21. The second-order valence-corrected chi connectivity index (χ2v) is 6.11. The molecule has 1 N–H and O–H groups in total. The average molecular weight is 248 g/mol. The summed E-state index contributed by atoms with van der Waals surface area (Å²) < 4.78 is 0. The van der Waals surface area contributed by atoms with Gasteiger partial charge in [-0.1, -0.05) is 19.3 Å². The van der Waals surface area contributed by atoms with E-state index in [1.807, 2.05) is 6.07 Å². The van der Waals surface area contributed by atoms with Gasteiger partial charge in [-0.15, -0.1) is 11.3 Å². The first-order chi connectivity index (χ1) is 8.29. The number of rotatable bonds is 4. The minimum atomic E-state index is 0.600. The third-order valence-electron chi connectivity index (χ3n) is 3.73. The van der Waals surface area contributed by atoms with Crippen LogP contribution in [-0.2, 0) is 6.54 Å². The van der Waals surface area contributed by atoms with Crippen LogP contribution in [-0.4, -0.2) is 6.04 Å². The maximum Gasteiger partial charge on any atom is 0.110 e. The maximum atomic E-state index is 8.77. The summed E-state index contributed by atoms with van der Waals surface area (Å²) in [7, 11) is 0. The number of hydrogen-bond acceptors (Lipinski definition) is 3. The molecule has 3 heteroatoms. The highest BCUT2D eigenvalue weighted by Gasteiger charge is 2.19. The van der Waals surface area contributed by atoms with Gasteiger partial charge in [0.1, 0.15) is 10.9 Å². The first-order valence-electron chi connectivity index (χ1n) is 6.52. The summed E-state index contributed by atoms with van der Waals surface area (Å²) in [6.07, 6.45) is 6.96. The number of hydrogen-bond donors (Lipinski definition) is 1. The molecular formula is C14H20N2S. The molecule has 0 unspecified atom stereocenters. The molecule has 1 saturated carbocycles. The van der Waals surface area contributed by atoms with Gasteiger partial charge in [-0.3, -0.25) is 0 Å². The molecule has 92 valence electrons. The molecule has 1 heterocycles. The number of thiophene rings is 1. The number of nitrogens with zero attached hydrogens (tertiary/aromatic N) is 1. The van der Waals surface area contributed by atoms with Gasteiger partial charge in [0.15, 0.2) is 0 Å². The number of nitrogens with one attached hydrogen (secondary N) is 1. The molecule has 1 aliphatic rings. The van der Waals surface area contributed by atoms with Crippen molar-refractivity contribution in [2.75, 3.05) is 0 Å². The molecular weight excluding hydrogens is 228 g/mol. The number of nitriles is 1. The van der Waals surface area contributed by atoms with Crippen LogP contribution in [0.25, 0.3) is 0 Å². The van der Waals surface area contributed by atoms with E-state index < -0.39 is 0 Å². The fourth-order valence-corrected chi connectivity index (χ4v) is 3.35. The van der Waals surface area contributed by atoms with Gasteiger partial charge >= 0.3 is 0 Å². The highest BCUT2D eigenvalue weighted by atomic mass is 32.1. The highest BCUT2D eigenvalue weighted by Crippen LogP contribution is 2.26. The molecule has 0 bridgehead atoms. The first kappa shape index (κ1) is 12.6. The lowest BCUT2D eigenvalue weighted by Crippen LogP contribution is -2.33. The lowest BCUT2D eigenvalue weighted by Gasteiger charge is -2.28. The SMILES string of the molecule is C[C@H](NCc1ccc(C#N)s1)C1CCCCC1. The van der Waals surface area contributed by atoms with Crippen molar-refractivity contribution in [1.29, 1.82) is 5.26 Å². The van der Waals surface area contributed by atoms with Crippen molar-refractivity contribution in [3.05, 3.63) is 21.9 Å². The van der Waals surface area contributed by atoms with E-state index in [-0.39, 0.29) is 0 Å². The normalized spacial score (nSPS) is 18.8. The smallest absolute Gasteiger partial charge is 0.110 e. The second kappa shape index (κ2) is 6.18. The minimum Gasteiger partial charge on any atom is -0.309 e. The summed E-state index contributed by atoms with van der Waals surface area (Å²) in [5.74, 6) is 0.846. The minimum absolute atomic E-state index is 0.600. The van der Waals surface area contributed by atoms with Crippen molar-refractivity contribution in [1.82, 2.24) is 5.32 Å². The summed E-state index contributed by atoms with van der Waals surface area (Å²) >= 11 is 1.60. The lowest BCUT2D eigenvalue weighted by atomic mass is 9.84. The molecule has 0 amide bonds. The van der Waals surface area contributed by atoms with Gasteiger partial charge in [0.2, 0.25) is 0 Å². The molecule has 0 aromatic carbocycles. The topological polar surface area (TPSA) is 35.8 Å². The third-order valence-corrected chi connectivity index (χ3v) is 4.72. The molecule has 0 saturated heterocycles. The fourth-order valence-electron chi connectivity index (χ4n) is 2.60. The van der Waals surface area contributed by atoms with Crippen molar-refractivity contribution in [3.8, 4) is 6.07 Å². The molecule has 1 aliphatic carbocycles. The van der Waals surface area contributed by atoms with Crippen LogP contribution in [0.3, 0.4) is 0 Å². The van der Waals surface area contributed by atoms with E-state index in [0.29, 0.717) is 6.04 Å². The second-order valence-electron chi connectivity index (χ2n) is 4.95. The molecule has 1 aromatic rings. The molecule has 0 aliphatic heterocycles. The van der Waals surface area contributed by atoms with Crippen LogP contribution in [0.5, 0.6) is 0 Å². The zero-order valence-electron chi connectivity index (χ0n) is 10.4. The van der Waals surface area contributed by atoms with Crippen LogP contribution < -0.4 is 5.32 Å². The van der Waals surface area contributed by atoms with E-state index in [2.05, 4.69) is 24.4 Å². The van der Waals surface area contributed by atoms with Gasteiger partial charge in [0.25, 0.3) is 0 Å². The van der Waals surface area contributed by atoms with Crippen molar-refractivity contribution in [2.45, 2.75) is 51.6 Å². The predicted octanol–water partition coefficient (Wildman–Crippen LogP) is 3.68. The van der Waals surface area contributed by atoms with Crippen molar-refractivity contribution in [2.24, 2.45) is 5.92 Å². The summed E-state index contributed by atoms with van der Waals surface area (Å²) in [6, 6.07) is 6.76. The van der Waals surface area contributed by atoms with E-state index in [4.69, 9.17) is 5.26 Å². The Morgan fingerprint density at radius 1 is 1.41 bits per heavy atom. The largest absolute Gasteiger partial charge is 0.309 e. The average Bonchev–Trinajstić information content (AvgIpc) is 2.85. The Labute approximate surface area is 108 Å². The van der Waals surface area contributed by atoms with Gasteiger partial charge in [-0.2, -0.15) is 5.26 Å². The van der Waals surface area contributed by atoms with Crippen molar-refractivity contribution >= 4 is 11.3 Å². The maximum absolute atomic E-state index is 8.77. The molecule has 1 fully saturated rings. The van der Waals surface area contributed by atoms with Crippen LogP contribution in [0.15, 0.2) is 12.1 Å². The van der Waals surface area contributed by atoms with Gasteiger partial charge in [-0.25, -0.2) is 0 Å². The first-order valence-corrected chi connectivity index (χ1v) is 7.33. The monoisotopic (exact) mass is 248 g/mol. The fraction of sp³-hybridized carbons (Fsp3) is 0.643. The summed E-state index contributed by atoms with van der Waals surface area (Å²) in [5.41, 5.74) is 0. The van der Waals surface area contributed by atoms with Crippen LogP contribution in [0.2, 0.25) is 0 Å². The van der Waals surface area contributed by atoms with E-state index in [0.717, 1.165) is 17.3 Å². The van der Waals surface area contributed by atoms with Crippen LogP contribution >= 0.6 is 11.3 Å². The standard InChI is InChI=1S/C14H20N2S/c1-11(12-5-3-2-4-6-12)16-10-14-8-7-13(9-15)17-14/h7-8,11-12,16H,2-6,10H2,1H3/t11-/m0/s1. The Bertz CT molecular complexity index is 385. The van der Waals surface area contributed by atoms with Gasteiger partial charge in [-0.05, 0) is 37.8 Å². The summed E-state index contributed by atoms with van der Waals surface area (Å²) in [4.78, 5) is 2.08. The molecule has 1 aromatic heterocycles.